The van der Waals surface area contributed by atoms with Gasteiger partial charge in [0, 0.05) is 18.7 Å². The molecule has 0 aliphatic carbocycles. The van der Waals surface area contributed by atoms with Gasteiger partial charge in [0.2, 0.25) is 11.8 Å². The third-order valence-corrected chi connectivity index (χ3v) is 7.09. The van der Waals surface area contributed by atoms with Crippen LogP contribution in [0.3, 0.4) is 0 Å². The minimum Gasteiger partial charge on any atom is -0.444 e. The van der Waals surface area contributed by atoms with Crippen LogP contribution >= 0.6 is 0 Å². The van der Waals surface area contributed by atoms with Crippen molar-refractivity contribution < 1.29 is 38.3 Å². The fraction of sp³-hybridized carbons (Fsp3) is 0.636. The molecule has 0 aromatic heterocycles. The van der Waals surface area contributed by atoms with Gasteiger partial charge in [-0.3, -0.25) is 14.5 Å². The van der Waals surface area contributed by atoms with Gasteiger partial charge >= 0.3 is 18.2 Å². The zero-order chi connectivity index (χ0) is 35.7. The smallest absolute Gasteiger partial charge is 0.410 e. The molecule has 5 N–H and O–H groups in total. The van der Waals surface area contributed by atoms with Crippen molar-refractivity contribution >= 4 is 35.8 Å². The Morgan fingerprint density at radius 2 is 1.55 bits per heavy atom. The van der Waals surface area contributed by atoms with Crippen molar-refractivity contribution in [1.82, 2.24) is 20.9 Å². The summed E-state index contributed by atoms with van der Waals surface area (Å²) in [4.78, 5) is 69.9. The summed E-state index contributed by atoms with van der Waals surface area (Å²) in [5, 5.41) is 11.7. The van der Waals surface area contributed by atoms with Crippen LogP contribution in [0.4, 0.5) is 9.59 Å². The Hall–Kier alpha value is -4.36. The van der Waals surface area contributed by atoms with Crippen molar-refractivity contribution in [3.05, 3.63) is 35.4 Å². The number of piperidine rings is 1. The van der Waals surface area contributed by atoms with E-state index in [2.05, 4.69) is 21.1 Å². The predicted octanol–water partition coefficient (Wildman–Crippen LogP) is 3.56. The van der Waals surface area contributed by atoms with E-state index in [0.717, 1.165) is 12.0 Å². The Bertz CT molecular complexity index is 1300. The van der Waals surface area contributed by atoms with Crippen molar-refractivity contribution in [2.75, 3.05) is 6.54 Å². The molecule has 1 aromatic rings. The molecule has 262 valence electrons. The van der Waals surface area contributed by atoms with Gasteiger partial charge in [-0.25, -0.2) is 14.4 Å². The van der Waals surface area contributed by atoms with Crippen molar-refractivity contribution in [1.29, 1.82) is 0 Å². The highest BCUT2D eigenvalue weighted by Gasteiger charge is 2.38. The Labute approximate surface area is 277 Å². The van der Waals surface area contributed by atoms with E-state index in [0.29, 0.717) is 18.5 Å². The molecule has 47 heavy (non-hydrogen) atoms. The minimum atomic E-state index is -1.00. The summed E-state index contributed by atoms with van der Waals surface area (Å²) in [6.45, 7) is 18.1. The van der Waals surface area contributed by atoms with E-state index < -0.39 is 59.3 Å². The lowest BCUT2D eigenvalue weighted by molar-refractivity contribution is -0.147. The van der Waals surface area contributed by atoms with Gasteiger partial charge in [0.15, 0.2) is 5.84 Å². The number of benzene rings is 1. The molecule has 0 radical (unpaired) electrons. The number of nitrogens with two attached hydrogens (primary N) is 1. The van der Waals surface area contributed by atoms with Gasteiger partial charge < -0.3 is 36.0 Å². The fourth-order valence-electron chi connectivity index (χ4n) is 4.58. The van der Waals surface area contributed by atoms with Gasteiger partial charge in [-0.2, -0.15) is 0 Å². The van der Waals surface area contributed by atoms with Crippen LogP contribution < -0.4 is 21.7 Å². The average Bonchev–Trinajstić information content (AvgIpc) is 2.95. The van der Waals surface area contributed by atoms with Gasteiger partial charge in [0.25, 0.3) is 0 Å². The lowest BCUT2D eigenvalue weighted by Crippen LogP contribution is -2.57. The maximum absolute atomic E-state index is 13.2. The van der Waals surface area contributed by atoms with Crippen LogP contribution in [-0.4, -0.2) is 76.6 Å². The lowest BCUT2D eigenvalue weighted by atomic mass is 9.92. The number of hydrogen-bond donors (Lipinski definition) is 4. The first-order valence-electron chi connectivity index (χ1n) is 15.9. The Morgan fingerprint density at radius 3 is 2.11 bits per heavy atom. The number of amidine groups is 1. The normalized spacial score (nSPS) is 18.4. The summed E-state index contributed by atoms with van der Waals surface area (Å²) in [7, 11) is 0. The quantitative estimate of drug-likeness (QED) is 0.126. The predicted molar refractivity (Wildman–Crippen MR) is 176 cm³/mol. The number of nitrogens with zero attached hydrogens (tertiary/aromatic N) is 2. The topological polar surface area (TPSA) is 191 Å². The first-order valence-corrected chi connectivity index (χ1v) is 15.9. The van der Waals surface area contributed by atoms with Crippen LogP contribution in [0, 0.1) is 11.8 Å². The molecule has 2 rings (SSSR count). The molecule has 1 heterocycles. The summed E-state index contributed by atoms with van der Waals surface area (Å²) in [6, 6.07) is 4.13. The van der Waals surface area contributed by atoms with E-state index in [-0.39, 0.29) is 24.2 Å². The standard InChI is InChI=1S/C33H52N6O8/c1-19(2)25(37-30(43)45-32(5,6)7)29(42)47-38-26(34)23-13-11-22(12-14-23)18-35-27(40)21(4)36-28(41)24-17-20(3)15-16-39(24)31(44)46-33(8,9)10/h11-14,19-21,24-25H,15-18H2,1-10H3,(H2,34,38)(H,35,40)(H,36,41)(H,37,43)/t20-,21-,24+,25-/m0/s1. The molecule has 4 atom stereocenters. The number of nitrogens with one attached hydrogen (secondary N) is 3. The number of likely N-dealkylation sites (tertiary alicyclic amines) is 1. The van der Waals surface area contributed by atoms with Crippen LogP contribution in [0.5, 0.6) is 0 Å². The van der Waals surface area contributed by atoms with E-state index >= 15 is 0 Å². The second-order valence-electron chi connectivity index (χ2n) is 14.2. The van der Waals surface area contributed by atoms with Gasteiger partial charge in [-0.1, -0.05) is 50.2 Å². The second kappa shape index (κ2) is 16.5. The van der Waals surface area contributed by atoms with Crippen LogP contribution in [0.15, 0.2) is 29.4 Å². The molecule has 1 aromatic carbocycles. The summed E-state index contributed by atoms with van der Waals surface area (Å²) in [6.07, 6.45) is -0.0809. The van der Waals surface area contributed by atoms with E-state index in [1.54, 1.807) is 86.6 Å². The molecule has 0 unspecified atom stereocenters. The highest BCUT2D eigenvalue weighted by Crippen LogP contribution is 2.25. The zero-order valence-electron chi connectivity index (χ0n) is 29.3. The van der Waals surface area contributed by atoms with Crippen molar-refractivity contribution in [2.45, 2.75) is 118 Å². The van der Waals surface area contributed by atoms with E-state index in [1.165, 1.54) is 4.90 Å². The largest absolute Gasteiger partial charge is 0.444 e. The second-order valence-corrected chi connectivity index (χ2v) is 14.2. The van der Waals surface area contributed by atoms with Crippen LogP contribution in [0.1, 0.15) is 93.2 Å². The third-order valence-electron chi connectivity index (χ3n) is 7.09. The van der Waals surface area contributed by atoms with E-state index in [1.807, 2.05) is 6.92 Å². The number of oxime groups is 1. The molecule has 1 fully saturated rings. The molecule has 0 saturated carbocycles. The van der Waals surface area contributed by atoms with Gasteiger partial charge in [0.1, 0.15) is 29.3 Å². The number of carbonyl (C=O) groups excluding carboxylic acids is 5. The van der Waals surface area contributed by atoms with Crippen LogP contribution in [-0.2, 0) is 35.2 Å². The maximum atomic E-state index is 13.2. The van der Waals surface area contributed by atoms with E-state index in [4.69, 9.17) is 20.0 Å². The molecule has 0 spiro atoms. The Balaban J connectivity index is 1.93. The van der Waals surface area contributed by atoms with Gasteiger partial charge in [0.05, 0.1) is 0 Å². The van der Waals surface area contributed by atoms with Crippen LogP contribution in [0.25, 0.3) is 0 Å². The molecule has 0 bridgehead atoms. The number of amides is 4. The van der Waals surface area contributed by atoms with Crippen molar-refractivity contribution in [3.63, 3.8) is 0 Å². The summed E-state index contributed by atoms with van der Waals surface area (Å²) < 4.78 is 10.7. The molecule has 1 saturated heterocycles. The maximum Gasteiger partial charge on any atom is 0.410 e. The molecule has 1 aliphatic heterocycles. The van der Waals surface area contributed by atoms with Gasteiger partial charge in [-0.05, 0) is 78.7 Å². The summed E-state index contributed by atoms with van der Waals surface area (Å²) >= 11 is 0. The Kier molecular flexibility index (Phi) is 13.6. The fourth-order valence-corrected chi connectivity index (χ4v) is 4.58. The molecule has 4 amide bonds. The van der Waals surface area contributed by atoms with E-state index in [9.17, 15) is 24.0 Å². The molecular formula is C33H52N6O8. The zero-order valence-corrected chi connectivity index (χ0v) is 29.3. The van der Waals surface area contributed by atoms with Gasteiger partial charge in [-0.15, -0.1) is 0 Å². The number of alkyl carbamates (subject to hydrolysis) is 1. The number of hydrogen-bond acceptors (Lipinski definition) is 9. The highest BCUT2D eigenvalue weighted by molar-refractivity contribution is 5.97. The third kappa shape index (κ3) is 13.1. The highest BCUT2D eigenvalue weighted by atomic mass is 16.7. The number of ether oxygens (including phenoxy) is 2. The first kappa shape index (κ1) is 38.8. The molecule has 14 heteroatoms. The molecule has 1 aliphatic rings. The summed E-state index contributed by atoms with van der Waals surface area (Å²) in [5.74, 6) is -1.75. The monoisotopic (exact) mass is 660 g/mol. The SMILES string of the molecule is CC(C)[C@H](NC(=O)OC(C)(C)C)C(=O)O/N=C(\N)c1ccc(CNC(=O)[C@H](C)NC(=O)[C@H]2C[C@@H](C)CCN2C(=O)OC(C)(C)C)cc1. The lowest BCUT2D eigenvalue weighted by Gasteiger charge is -2.38. The minimum absolute atomic E-state index is 0.0671. The van der Waals surface area contributed by atoms with Crippen LogP contribution in [0.2, 0.25) is 0 Å². The van der Waals surface area contributed by atoms with Crippen molar-refractivity contribution in [2.24, 2.45) is 22.7 Å². The average molecular weight is 661 g/mol. The first-order chi connectivity index (χ1) is 21.7. The Morgan fingerprint density at radius 1 is 0.957 bits per heavy atom. The molecular weight excluding hydrogens is 608 g/mol. The van der Waals surface area contributed by atoms with Crippen molar-refractivity contribution in [3.8, 4) is 0 Å². The number of rotatable bonds is 10. The molecule has 14 nitrogen and oxygen atoms in total. The summed E-state index contributed by atoms with van der Waals surface area (Å²) in [5.41, 5.74) is 5.78. The number of carbonyl (C=O) groups is 5.